The molecule has 0 amide bonds. The number of hydrogen-bond acceptors (Lipinski definition) is 3. The van der Waals surface area contributed by atoms with E-state index in [0.29, 0.717) is 18.0 Å². The van der Waals surface area contributed by atoms with Gasteiger partial charge in [0.25, 0.3) is 0 Å². The first kappa shape index (κ1) is 26.6. The van der Waals surface area contributed by atoms with E-state index in [1.807, 2.05) is 43.3 Å². The topological polar surface area (TPSA) is 49.8 Å². The quantitative estimate of drug-likeness (QED) is 0.268. The minimum Gasteiger partial charge on any atom is -0.484 e. The lowest BCUT2D eigenvalue weighted by Gasteiger charge is -2.43. The molecule has 4 aromatic carbocycles. The standard InChI is InChI=1S/C32H33NO3.ClH/c1-22(26-14-8-12-24-11-4-5-13-27(24)26)10-9-19-32(3)21-33(29-15-6-7-16-30(29)36-32)25-18-17-23(2)28(20-25)31(34)35;/h4-8,11-18,20,22H,9-10,19,21H2,1-3H3,(H,34,35);1H/t22-,32?;/m0./s1. The van der Waals surface area contributed by atoms with E-state index >= 15 is 0 Å². The van der Waals surface area contributed by atoms with Crippen LogP contribution in [0.2, 0.25) is 0 Å². The van der Waals surface area contributed by atoms with E-state index in [4.69, 9.17) is 4.74 Å². The molecule has 192 valence electrons. The van der Waals surface area contributed by atoms with Gasteiger partial charge in [0, 0.05) is 5.69 Å². The summed E-state index contributed by atoms with van der Waals surface area (Å²) in [6.07, 6.45) is 3.01. The lowest BCUT2D eigenvalue weighted by Crippen LogP contribution is -2.47. The molecule has 0 saturated carbocycles. The highest BCUT2D eigenvalue weighted by atomic mass is 35.5. The van der Waals surface area contributed by atoms with Crippen LogP contribution in [0.1, 0.15) is 60.5 Å². The Kier molecular flexibility index (Phi) is 7.79. The zero-order valence-corrected chi connectivity index (χ0v) is 22.4. The van der Waals surface area contributed by atoms with Crippen LogP contribution in [0.4, 0.5) is 11.4 Å². The fraction of sp³-hybridized carbons (Fsp3) is 0.281. The number of carbonyl (C=O) groups is 1. The first-order chi connectivity index (χ1) is 17.3. The summed E-state index contributed by atoms with van der Waals surface area (Å²) in [4.78, 5) is 14.0. The summed E-state index contributed by atoms with van der Waals surface area (Å²) in [5.74, 6) is 0.383. The summed E-state index contributed by atoms with van der Waals surface area (Å²) in [5, 5.41) is 12.3. The number of rotatable bonds is 7. The van der Waals surface area contributed by atoms with Gasteiger partial charge in [-0.1, -0.05) is 67.6 Å². The molecule has 0 aromatic heterocycles. The van der Waals surface area contributed by atoms with Crippen LogP contribution in [0.3, 0.4) is 0 Å². The predicted molar refractivity (Wildman–Crippen MR) is 154 cm³/mol. The van der Waals surface area contributed by atoms with Crippen LogP contribution in [0, 0.1) is 6.92 Å². The summed E-state index contributed by atoms with van der Waals surface area (Å²) in [5.41, 5.74) is 3.96. The van der Waals surface area contributed by atoms with Crippen LogP contribution in [-0.4, -0.2) is 23.2 Å². The Bertz CT molecular complexity index is 1410. The second kappa shape index (κ2) is 10.9. The van der Waals surface area contributed by atoms with Crippen molar-refractivity contribution in [2.45, 2.75) is 51.6 Å². The fourth-order valence-electron chi connectivity index (χ4n) is 5.47. The summed E-state index contributed by atoms with van der Waals surface area (Å²) >= 11 is 0. The first-order valence-corrected chi connectivity index (χ1v) is 12.7. The van der Waals surface area contributed by atoms with Gasteiger partial charge in [0.1, 0.15) is 11.4 Å². The number of carboxylic acids is 1. The molecule has 0 radical (unpaired) electrons. The molecule has 0 aliphatic carbocycles. The van der Waals surface area contributed by atoms with Crippen molar-refractivity contribution in [3.05, 3.63) is 102 Å². The number of para-hydroxylation sites is 2. The summed E-state index contributed by atoms with van der Waals surface area (Å²) < 4.78 is 6.57. The number of aryl methyl sites for hydroxylation is 1. The summed E-state index contributed by atoms with van der Waals surface area (Å²) in [7, 11) is 0. The van der Waals surface area contributed by atoms with Crippen molar-refractivity contribution in [1.29, 1.82) is 0 Å². The molecule has 1 aliphatic rings. The first-order valence-electron chi connectivity index (χ1n) is 12.7. The molecule has 4 aromatic rings. The third-order valence-corrected chi connectivity index (χ3v) is 7.47. The number of aromatic carboxylic acids is 1. The number of hydrogen-bond donors (Lipinski definition) is 1. The van der Waals surface area contributed by atoms with E-state index in [2.05, 4.69) is 61.2 Å². The Balaban J connectivity index is 0.00000320. The van der Waals surface area contributed by atoms with Gasteiger partial charge in [0.2, 0.25) is 0 Å². The van der Waals surface area contributed by atoms with E-state index < -0.39 is 5.97 Å². The number of fused-ring (bicyclic) bond motifs is 2. The molecule has 2 atom stereocenters. The smallest absolute Gasteiger partial charge is 0.336 e. The highest BCUT2D eigenvalue weighted by Crippen LogP contribution is 2.43. The van der Waals surface area contributed by atoms with Crippen LogP contribution in [-0.2, 0) is 0 Å². The molecule has 4 nitrogen and oxygen atoms in total. The molecule has 37 heavy (non-hydrogen) atoms. The SMILES string of the molecule is Cc1ccc(N2CC(C)(CCC[C@H](C)c3cccc4ccccc34)Oc3ccccc32)cc1C(=O)O.Cl. The predicted octanol–water partition coefficient (Wildman–Crippen LogP) is 8.53. The number of halogens is 1. The number of benzene rings is 4. The molecular formula is C32H34ClNO3. The largest absolute Gasteiger partial charge is 0.484 e. The normalized spacial score (nSPS) is 17.4. The van der Waals surface area contributed by atoms with Gasteiger partial charge in [-0.05, 0) is 85.2 Å². The maximum Gasteiger partial charge on any atom is 0.336 e. The zero-order valence-electron chi connectivity index (χ0n) is 21.6. The maximum absolute atomic E-state index is 11.8. The number of ether oxygens (including phenoxy) is 1. The summed E-state index contributed by atoms with van der Waals surface area (Å²) in [6, 6.07) is 28.9. The molecular weight excluding hydrogens is 482 g/mol. The molecule has 1 heterocycles. The lowest BCUT2D eigenvalue weighted by molar-refractivity contribution is 0.0696. The average Bonchev–Trinajstić information content (AvgIpc) is 2.88. The van der Waals surface area contributed by atoms with Crippen molar-refractivity contribution < 1.29 is 14.6 Å². The van der Waals surface area contributed by atoms with E-state index in [0.717, 1.165) is 42.0 Å². The Hall–Kier alpha value is -3.50. The molecule has 0 spiro atoms. The second-order valence-electron chi connectivity index (χ2n) is 10.3. The molecule has 0 saturated heterocycles. The van der Waals surface area contributed by atoms with Crippen molar-refractivity contribution >= 4 is 40.5 Å². The minimum absolute atomic E-state index is 0. The van der Waals surface area contributed by atoms with Crippen LogP contribution >= 0.6 is 12.4 Å². The van der Waals surface area contributed by atoms with Crippen LogP contribution in [0.5, 0.6) is 5.75 Å². The second-order valence-corrected chi connectivity index (χ2v) is 10.3. The molecule has 1 N–H and O–H groups in total. The molecule has 5 heteroatoms. The average molecular weight is 516 g/mol. The Labute approximate surface area is 225 Å². The van der Waals surface area contributed by atoms with E-state index in [1.54, 1.807) is 6.07 Å². The molecule has 1 aliphatic heterocycles. The van der Waals surface area contributed by atoms with Gasteiger partial charge in [-0.15, -0.1) is 12.4 Å². The number of anilines is 2. The van der Waals surface area contributed by atoms with E-state index in [1.165, 1.54) is 16.3 Å². The molecule has 5 rings (SSSR count). The van der Waals surface area contributed by atoms with Gasteiger partial charge in [0.15, 0.2) is 0 Å². The van der Waals surface area contributed by atoms with Gasteiger partial charge < -0.3 is 14.7 Å². The van der Waals surface area contributed by atoms with Crippen molar-refractivity contribution in [3.63, 3.8) is 0 Å². The Morgan fingerprint density at radius 3 is 2.57 bits per heavy atom. The van der Waals surface area contributed by atoms with Gasteiger partial charge in [-0.2, -0.15) is 0 Å². The molecule has 0 bridgehead atoms. The van der Waals surface area contributed by atoms with Crippen LogP contribution in [0.25, 0.3) is 10.8 Å². The fourth-order valence-corrected chi connectivity index (χ4v) is 5.47. The number of nitrogens with zero attached hydrogens (tertiary/aromatic N) is 1. The lowest BCUT2D eigenvalue weighted by atomic mass is 9.88. The highest BCUT2D eigenvalue weighted by Gasteiger charge is 2.36. The maximum atomic E-state index is 11.8. The van der Waals surface area contributed by atoms with Crippen molar-refractivity contribution in [3.8, 4) is 5.75 Å². The van der Waals surface area contributed by atoms with Crippen LogP contribution < -0.4 is 9.64 Å². The Morgan fingerprint density at radius 2 is 1.76 bits per heavy atom. The Morgan fingerprint density at radius 1 is 1.03 bits per heavy atom. The summed E-state index contributed by atoms with van der Waals surface area (Å²) in [6.45, 7) is 6.98. The van der Waals surface area contributed by atoms with Gasteiger partial charge in [0.05, 0.1) is 17.8 Å². The highest BCUT2D eigenvalue weighted by molar-refractivity contribution is 5.91. The third kappa shape index (κ3) is 5.45. The zero-order chi connectivity index (χ0) is 25.3. The van der Waals surface area contributed by atoms with Crippen molar-refractivity contribution in [1.82, 2.24) is 0 Å². The van der Waals surface area contributed by atoms with Gasteiger partial charge in [-0.25, -0.2) is 4.79 Å². The third-order valence-electron chi connectivity index (χ3n) is 7.47. The van der Waals surface area contributed by atoms with Crippen LogP contribution in [0.15, 0.2) is 84.9 Å². The van der Waals surface area contributed by atoms with E-state index in [9.17, 15) is 9.90 Å². The monoisotopic (exact) mass is 515 g/mol. The molecule has 0 fully saturated rings. The number of carboxylic acid groups (broad SMARTS) is 1. The van der Waals surface area contributed by atoms with Gasteiger partial charge in [-0.3, -0.25) is 0 Å². The molecule has 1 unspecified atom stereocenters. The van der Waals surface area contributed by atoms with Gasteiger partial charge >= 0.3 is 5.97 Å². The van der Waals surface area contributed by atoms with Crippen molar-refractivity contribution in [2.75, 3.05) is 11.4 Å². The van der Waals surface area contributed by atoms with E-state index in [-0.39, 0.29) is 18.0 Å². The minimum atomic E-state index is -0.902. The van der Waals surface area contributed by atoms with Crippen molar-refractivity contribution in [2.24, 2.45) is 0 Å².